The Morgan fingerprint density at radius 3 is 2.18 bits per heavy atom. The van der Waals surface area contributed by atoms with Crippen LogP contribution in [0.3, 0.4) is 0 Å². The Morgan fingerprint density at radius 2 is 1.50 bits per heavy atom. The zero-order chi connectivity index (χ0) is 19.7. The standard InChI is InChI=1S/C23H19ClN2O2/c1-16-7-5-6-10-20(16)25-15-21(27)26(19-13-11-18(24)12-14-19)22(23(25)28)17-8-3-2-4-9-17/h2-14,22H,15H2,1H3/t22-/m0/s1. The fourth-order valence-electron chi connectivity index (χ4n) is 3.58. The lowest BCUT2D eigenvalue weighted by Gasteiger charge is -2.41. The number of anilines is 2. The highest BCUT2D eigenvalue weighted by molar-refractivity contribution is 6.30. The van der Waals surface area contributed by atoms with Crippen molar-refractivity contribution in [3.8, 4) is 0 Å². The zero-order valence-electron chi connectivity index (χ0n) is 15.4. The van der Waals surface area contributed by atoms with Crippen LogP contribution in [0.4, 0.5) is 11.4 Å². The molecule has 1 heterocycles. The maximum absolute atomic E-state index is 13.6. The number of amides is 2. The number of nitrogens with zero attached hydrogens (tertiary/aromatic N) is 2. The molecule has 0 N–H and O–H groups in total. The fraction of sp³-hybridized carbons (Fsp3) is 0.130. The summed E-state index contributed by atoms with van der Waals surface area (Å²) in [6, 6.07) is 23.3. The number of halogens is 1. The fourth-order valence-corrected chi connectivity index (χ4v) is 3.71. The van der Waals surface area contributed by atoms with Gasteiger partial charge in [0.2, 0.25) is 5.91 Å². The van der Waals surface area contributed by atoms with E-state index in [-0.39, 0.29) is 18.4 Å². The van der Waals surface area contributed by atoms with Crippen molar-refractivity contribution >= 4 is 34.8 Å². The molecule has 1 saturated heterocycles. The van der Waals surface area contributed by atoms with Gasteiger partial charge < -0.3 is 4.90 Å². The summed E-state index contributed by atoms with van der Waals surface area (Å²) >= 11 is 6.01. The Hall–Kier alpha value is -3.11. The minimum atomic E-state index is -0.733. The monoisotopic (exact) mass is 390 g/mol. The molecule has 5 heteroatoms. The minimum Gasteiger partial charge on any atom is -0.301 e. The SMILES string of the molecule is Cc1ccccc1N1CC(=O)N(c2ccc(Cl)cc2)[C@@H](c2ccccc2)C1=O. The molecule has 1 aliphatic heterocycles. The number of benzene rings is 3. The normalized spacial score (nSPS) is 17.1. The predicted octanol–water partition coefficient (Wildman–Crippen LogP) is 4.77. The topological polar surface area (TPSA) is 40.6 Å². The van der Waals surface area contributed by atoms with Gasteiger partial charge in [-0.3, -0.25) is 14.5 Å². The van der Waals surface area contributed by atoms with E-state index >= 15 is 0 Å². The van der Waals surface area contributed by atoms with E-state index < -0.39 is 6.04 Å². The van der Waals surface area contributed by atoms with Crippen molar-refractivity contribution in [3.05, 3.63) is 95.0 Å². The molecule has 1 atom stereocenters. The third-order valence-electron chi connectivity index (χ3n) is 4.95. The van der Waals surface area contributed by atoms with Crippen LogP contribution in [0.5, 0.6) is 0 Å². The van der Waals surface area contributed by atoms with Crippen LogP contribution in [0.25, 0.3) is 0 Å². The summed E-state index contributed by atoms with van der Waals surface area (Å²) < 4.78 is 0. The van der Waals surface area contributed by atoms with E-state index in [2.05, 4.69) is 0 Å². The molecule has 0 aliphatic carbocycles. The Morgan fingerprint density at radius 1 is 0.857 bits per heavy atom. The van der Waals surface area contributed by atoms with Crippen LogP contribution in [-0.2, 0) is 9.59 Å². The van der Waals surface area contributed by atoms with E-state index in [1.807, 2.05) is 61.5 Å². The molecular weight excluding hydrogens is 372 g/mol. The molecule has 0 spiro atoms. The molecule has 0 aromatic heterocycles. The van der Waals surface area contributed by atoms with Gasteiger partial charge in [0, 0.05) is 16.4 Å². The molecule has 140 valence electrons. The van der Waals surface area contributed by atoms with Gasteiger partial charge in [-0.05, 0) is 48.4 Å². The van der Waals surface area contributed by atoms with Crippen LogP contribution >= 0.6 is 11.6 Å². The van der Waals surface area contributed by atoms with E-state index in [0.29, 0.717) is 10.7 Å². The Balaban J connectivity index is 1.82. The van der Waals surface area contributed by atoms with Crippen molar-refractivity contribution < 1.29 is 9.59 Å². The second-order valence-corrected chi connectivity index (χ2v) is 7.20. The summed E-state index contributed by atoms with van der Waals surface area (Å²) in [5.74, 6) is -0.269. The summed E-state index contributed by atoms with van der Waals surface area (Å²) in [5, 5.41) is 0.581. The highest BCUT2D eigenvalue weighted by atomic mass is 35.5. The first kappa shape index (κ1) is 18.3. The molecule has 28 heavy (non-hydrogen) atoms. The highest BCUT2D eigenvalue weighted by Crippen LogP contribution is 2.35. The largest absolute Gasteiger partial charge is 0.301 e. The summed E-state index contributed by atoms with van der Waals surface area (Å²) in [5.41, 5.74) is 3.14. The predicted molar refractivity (Wildman–Crippen MR) is 112 cm³/mol. The molecule has 0 saturated carbocycles. The minimum absolute atomic E-state index is 0.00432. The Labute approximate surface area is 169 Å². The lowest BCUT2D eigenvalue weighted by molar-refractivity contribution is -0.128. The molecule has 2 amide bonds. The van der Waals surface area contributed by atoms with Crippen LogP contribution < -0.4 is 9.80 Å². The summed E-state index contributed by atoms with van der Waals surface area (Å²) in [7, 11) is 0. The summed E-state index contributed by atoms with van der Waals surface area (Å²) in [6.45, 7) is 1.94. The molecular formula is C23H19ClN2O2. The van der Waals surface area contributed by atoms with E-state index in [1.54, 1.807) is 34.1 Å². The highest BCUT2D eigenvalue weighted by Gasteiger charge is 2.42. The van der Waals surface area contributed by atoms with Crippen LogP contribution in [0.15, 0.2) is 78.9 Å². The van der Waals surface area contributed by atoms with Crippen LogP contribution in [0.1, 0.15) is 17.2 Å². The smallest absolute Gasteiger partial charge is 0.255 e. The van der Waals surface area contributed by atoms with Gasteiger partial charge in [0.05, 0.1) is 0 Å². The number of hydrogen-bond donors (Lipinski definition) is 0. The van der Waals surface area contributed by atoms with E-state index in [4.69, 9.17) is 11.6 Å². The van der Waals surface area contributed by atoms with Crippen LogP contribution in [0.2, 0.25) is 5.02 Å². The van der Waals surface area contributed by atoms with Crippen molar-refractivity contribution in [2.75, 3.05) is 16.3 Å². The zero-order valence-corrected chi connectivity index (χ0v) is 16.1. The lowest BCUT2D eigenvalue weighted by atomic mass is 9.99. The van der Waals surface area contributed by atoms with Gasteiger partial charge in [0.25, 0.3) is 5.91 Å². The van der Waals surface area contributed by atoms with Gasteiger partial charge in [-0.2, -0.15) is 0 Å². The van der Waals surface area contributed by atoms with Crippen molar-refractivity contribution in [1.82, 2.24) is 0 Å². The maximum atomic E-state index is 13.6. The number of para-hydroxylation sites is 1. The molecule has 0 bridgehead atoms. The molecule has 3 aromatic carbocycles. The van der Waals surface area contributed by atoms with Gasteiger partial charge in [-0.1, -0.05) is 60.1 Å². The third kappa shape index (κ3) is 3.27. The van der Waals surface area contributed by atoms with Gasteiger partial charge in [-0.15, -0.1) is 0 Å². The van der Waals surface area contributed by atoms with E-state index in [1.165, 1.54) is 0 Å². The number of carbonyl (C=O) groups excluding carboxylic acids is 2. The number of piperazine rings is 1. The Bertz CT molecular complexity index is 1020. The molecule has 0 unspecified atom stereocenters. The number of carbonyl (C=O) groups is 2. The van der Waals surface area contributed by atoms with Gasteiger partial charge in [-0.25, -0.2) is 0 Å². The molecule has 0 radical (unpaired) electrons. The lowest BCUT2D eigenvalue weighted by Crippen LogP contribution is -2.56. The quantitative estimate of drug-likeness (QED) is 0.646. The van der Waals surface area contributed by atoms with Crippen molar-refractivity contribution in [2.45, 2.75) is 13.0 Å². The first-order chi connectivity index (χ1) is 13.6. The second kappa shape index (κ2) is 7.49. The molecule has 1 aliphatic rings. The summed E-state index contributed by atoms with van der Waals surface area (Å²) in [4.78, 5) is 29.9. The average molecular weight is 391 g/mol. The molecule has 3 aromatic rings. The molecule has 4 nitrogen and oxygen atoms in total. The van der Waals surface area contributed by atoms with E-state index in [9.17, 15) is 9.59 Å². The molecule has 1 fully saturated rings. The van der Waals surface area contributed by atoms with Crippen molar-refractivity contribution in [3.63, 3.8) is 0 Å². The number of aryl methyl sites for hydroxylation is 1. The summed E-state index contributed by atoms with van der Waals surface area (Å²) in [6.07, 6.45) is 0. The van der Waals surface area contributed by atoms with Crippen molar-refractivity contribution in [1.29, 1.82) is 0 Å². The van der Waals surface area contributed by atoms with Gasteiger partial charge in [0.15, 0.2) is 0 Å². The average Bonchev–Trinajstić information content (AvgIpc) is 2.71. The van der Waals surface area contributed by atoms with Crippen molar-refractivity contribution in [2.24, 2.45) is 0 Å². The van der Waals surface area contributed by atoms with Gasteiger partial charge >= 0.3 is 0 Å². The third-order valence-corrected chi connectivity index (χ3v) is 5.20. The van der Waals surface area contributed by atoms with E-state index in [0.717, 1.165) is 16.8 Å². The second-order valence-electron chi connectivity index (χ2n) is 6.76. The van der Waals surface area contributed by atoms with Crippen LogP contribution in [0, 0.1) is 6.92 Å². The number of hydrogen-bond acceptors (Lipinski definition) is 2. The maximum Gasteiger partial charge on any atom is 0.255 e. The van der Waals surface area contributed by atoms with Gasteiger partial charge in [0.1, 0.15) is 12.6 Å². The first-order valence-corrected chi connectivity index (χ1v) is 9.43. The van der Waals surface area contributed by atoms with Crippen LogP contribution in [-0.4, -0.2) is 18.4 Å². The molecule has 4 rings (SSSR count). The number of rotatable bonds is 3. The first-order valence-electron chi connectivity index (χ1n) is 9.06. The Kier molecular flexibility index (Phi) is 4.88.